The molecule has 1 aliphatic rings. The number of carbonyl (C=O) groups is 2. The molecule has 0 N–H and O–H groups in total. The lowest BCUT2D eigenvalue weighted by atomic mass is 9.98. The normalized spacial score (nSPS) is 17.5. The van der Waals surface area contributed by atoms with Gasteiger partial charge in [-0.05, 0) is 26.7 Å². The Morgan fingerprint density at radius 3 is 2.84 bits per heavy atom. The highest BCUT2D eigenvalue weighted by molar-refractivity contribution is 7.17. The minimum Gasteiger partial charge on any atom is -0.466 e. The van der Waals surface area contributed by atoms with Crippen LogP contribution in [0, 0.1) is 5.92 Å². The highest BCUT2D eigenvalue weighted by Gasteiger charge is 2.30. The molecule has 0 aliphatic carbocycles. The van der Waals surface area contributed by atoms with Crippen LogP contribution in [-0.2, 0) is 14.3 Å². The van der Waals surface area contributed by atoms with Crippen LogP contribution in [0.25, 0.3) is 10.2 Å². The van der Waals surface area contributed by atoms with Crippen molar-refractivity contribution in [2.45, 2.75) is 26.7 Å². The van der Waals surface area contributed by atoms with Crippen LogP contribution in [0.1, 0.15) is 37.0 Å². The van der Waals surface area contributed by atoms with Crippen LogP contribution >= 0.6 is 11.3 Å². The molecule has 1 atom stereocenters. The molecule has 0 radical (unpaired) electrons. The van der Waals surface area contributed by atoms with Crippen LogP contribution < -0.4 is 4.90 Å². The predicted octanol–water partition coefficient (Wildman–Crippen LogP) is 2.65. The first-order valence-corrected chi connectivity index (χ1v) is 9.34. The van der Waals surface area contributed by atoms with E-state index in [-0.39, 0.29) is 17.9 Å². The zero-order chi connectivity index (χ0) is 17.8. The van der Waals surface area contributed by atoms with Gasteiger partial charge in [0, 0.05) is 18.5 Å². The smallest absolute Gasteiger partial charge is 0.339 e. The molecule has 2 aromatic heterocycles. The van der Waals surface area contributed by atoms with Crippen LogP contribution in [0.15, 0.2) is 11.7 Å². The van der Waals surface area contributed by atoms with E-state index in [1.807, 2.05) is 11.8 Å². The van der Waals surface area contributed by atoms with Crippen LogP contribution in [0.3, 0.4) is 0 Å². The maximum atomic E-state index is 12.2. The van der Waals surface area contributed by atoms with Crippen molar-refractivity contribution < 1.29 is 19.1 Å². The van der Waals surface area contributed by atoms with E-state index < -0.39 is 0 Å². The second-order valence-corrected chi connectivity index (χ2v) is 6.64. The van der Waals surface area contributed by atoms with Gasteiger partial charge in [-0.3, -0.25) is 4.79 Å². The van der Waals surface area contributed by atoms with Gasteiger partial charge in [0.25, 0.3) is 0 Å². The largest absolute Gasteiger partial charge is 0.466 e. The third kappa shape index (κ3) is 3.58. The molecule has 3 rings (SSSR count). The summed E-state index contributed by atoms with van der Waals surface area (Å²) in [4.78, 5) is 35.8. The van der Waals surface area contributed by atoms with Gasteiger partial charge < -0.3 is 14.4 Å². The molecular formula is C17H21N3O4S. The summed E-state index contributed by atoms with van der Waals surface area (Å²) in [7, 11) is 0. The Hall–Kier alpha value is -2.22. The van der Waals surface area contributed by atoms with Crippen molar-refractivity contribution in [3.63, 3.8) is 0 Å². The van der Waals surface area contributed by atoms with Crippen molar-refractivity contribution in [2.24, 2.45) is 5.92 Å². The Labute approximate surface area is 150 Å². The molecule has 0 aromatic carbocycles. The molecule has 7 nitrogen and oxygen atoms in total. The number of piperidine rings is 1. The van der Waals surface area contributed by atoms with Gasteiger partial charge >= 0.3 is 11.9 Å². The van der Waals surface area contributed by atoms with Crippen molar-refractivity contribution in [1.82, 2.24) is 9.97 Å². The number of carbonyl (C=O) groups excluding carboxylic acids is 2. The standard InChI is InChI=1S/C17H21N3O4S/c1-3-23-16(21)11-6-5-7-20(8-11)14-13-12(17(22)24-4-2)9-25-15(13)19-10-18-14/h9-11H,3-8H2,1-2H3. The van der Waals surface area contributed by atoms with E-state index in [1.54, 1.807) is 12.3 Å². The highest BCUT2D eigenvalue weighted by Crippen LogP contribution is 2.34. The minimum atomic E-state index is -0.372. The fraction of sp³-hybridized carbons (Fsp3) is 0.529. The lowest BCUT2D eigenvalue weighted by Gasteiger charge is -2.32. The Kier molecular flexibility index (Phi) is 5.47. The van der Waals surface area contributed by atoms with E-state index in [4.69, 9.17) is 9.47 Å². The molecule has 2 aromatic rings. The summed E-state index contributed by atoms with van der Waals surface area (Å²) in [6.45, 7) is 5.59. The molecular weight excluding hydrogens is 342 g/mol. The first kappa shape index (κ1) is 17.6. The number of hydrogen-bond acceptors (Lipinski definition) is 8. The maximum Gasteiger partial charge on any atom is 0.339 e. The molecule has 1 unspecified atom stereocenters. The topological polar surface area (TPSA) is 81.6 Å². The number of aromatic nitrogens is 2. The van der Waals surface area contributed by atoms with Gasteiger partial charge in [-0.1, -0.05) is 0 Å². The van der Waals surface area contributed by atoms with E-state index in [0.29, 0.717) is 36.5 Å². The van der Waals surface area contributed by atoms with Crippen molar-refractivity contribution >= 4 is 39.3 Å². The van der Waals surface area contributed by atoms with E-state index in [1.165, 1.54) is 17.7 Å². The number of ether oxygens (including phenoxy) is 2. The van der Waals surface area contributed by atoms with Crippen LogP contribution in [0.2, 0.25) is 0 Å². The number of nitrogens with zero attached hydrogens (tertiary/aromatic N) is 3. The van der Waals surface area contributed by atoms with Crippen LogP contribution in [-0.4, -0.2) is 48.2 Å². The molecule has 0 spiro atoms. The Bertz CT molecular complexity index is 776. The fourth-order valence-electron chi connectivity index (χ4n) is 3.08. The van der Waals surface area contributed by atoms with Gasteiger partial charge in [0.1, 0.15) is 17.0 Å². The van der Waals surface area contributed by atoms with E-state index >= 15 is 0 Å². The summed E-state index contributed by atoms with van der Waals surface area (Å²) in [6.07, 6.45) is 3.17. The maximum absolute atomic E-state index is 12.2. The Balaban J connectivity index is 1.93. The lowest BCUT2D eigenvalue weighted by molar-refractivity contribution is -0.148. The number of rotatable bonds is 5. The average Bonchev–Trinajstić information content (AvgIpc) is 3.06. The van der Waals surface area contributed by atoms with Crippen molar-refractivity contribution in [3.8, 4) is 0 Å². The predicted molar refractivity (Wildman–Crippen MR) is 94.9 cm³/mol. The van der Waals surface area contributed by atoms with E-state index in [2.05, 4.69) is 9.97 Å². The SMILES string of the molecule is CCOC(=O)c1csc2ncnc(N3CCCC(C(=O)OCC)C3)c12. The molecule has 134 valence electrons. The molecule has 0 bridgehead atoms. The molecule has 0 saturated carbocycles. The van der Waals surface area contributed by atoms with Gasteiger partial charge in [-0.15, -0.1) is 11.3 Å². The molecule has 25 heavy (non-hydrogen) atoms. The van der Waals surface area contributed by atoms with Crippen molar-refractivity contribution in [2.75, 3.05) is 31.2 Å². The highest BCUT2D eigenvalue weighted by atomic mass is 32.1. The first-order valence-electron chi connectivity index (χ1n) is 8.46. The van der Waals surface area contributed by atoms with Crippen molar-refractivity contribution in [3.05, 3.63) is 17.3 Å². The molecule has 1 saturated heterocycles. The molecule has 8 heteroatoms. The second-order valence-electron chi connectivity index (χ2n) is 5.78. The average molecular weight is 363 g/mol. The monoisotopic (exact) mass is 363 g/mol. The summed E-state index contributed by atoms with van der Waals surface area (Å²) in [5.41, 5.74) is 0.482. The lowest BCUT2D eigenvalue weighted by Crippen LogP contribution is -2.40. The zero-order valence-electron chi connectivity index (χ0n) is 14.4. The third-order valence-corrected chi connectivity index (χ3v) is 5.07. The number of fused-ring (bicyclic) bond motifs is 1. The van der Waals surface area contributed by atoms with Crippen LogP contribution in [0.5, 0.6) is 0 Å². The van der Waals surface area contributed by atoms with E-state index in [9.17, 15) is 9.59 Å². The second kappa shape index (κ2) is 7.77. The molecule has 1 fully saturated rings. The number of anilines is 1. The quantitative estimate of drug-likeness (QED) is 0.755. The molecule has 1 aliphatic heterocycles. The van der Waals surface area contributed by atoms with Gasteiger partial charge in [-0.25, -0.2) is 14.8 Å². The van der Waals surface area contributed by atoms with E-state index in [0.717, 1.165) is 24.2 Å². The number of esters is 2. The summed E-state index contributed by atoms with van der Waals surface area (Å²) >= 11 is 1.39. The zero-order valence-corrected chi connectivity index (χ0v) is 15.2. The van der Waals surface area contributed by atoms with Crippen molar-refractivity contribution in [1.29, 1.82) is 0 Å². The Morgan fingerprint density at radius 2 is 2.08 bits per heavy atom. The minimum absolute atomic E-state index is 0.173. The van der Waals surface area contributed by atoms with Gasteiger partial charge in [0.15, 0.2) is 0 Å². The van der Waals surface area contributed by atoms with Crippen LogP contribution in [0.4, 0.5) is 5.82 Å². The fourth-order valence-corrected chi connectivity index (χ4v) is 3.95. The first-order chi connectivity index (χ1) is 12.2. The molecule has 0 amide bonds. The third-order valence-electron chi connectivity index (χ3n) is 4.19. The van der Waals surface area contributed by atoms with Gasteiger partial charge in [0.2, 0.25) is 0 Å². The molecule has 3 heterocycles. The number of thiophene rings is 1. The summed E-state index contributed by atoms with van der Waals surface area (Å²) in [6, 6.07) is 0. The van der Waals surface area contributed by atoms with Gasteiger partial charge in [0.05, 0.1) is 30.1 Å². The Morgan fingerprint density at radius 1 is 1.28 bits per heavy atom. The summed E-state index contributed by atoms with van der Waals surface area (Å²) in [5.74, 6) is -0.0381. The number of hydrogen-bond donors (Lipinski definition) is 0. The van der Waals surface area contributed by atoms with Gasteiger partial charge in [-0.2, -0.15) is 0 Å². The summed E-state index contributed by atoms with van der Waals surface area (Å²) < 4.78 is 10.3. The summed E-state index contributed by atoms with van der Waals surface area (Å²) in [5, 5.41) is 2.46.